The van der Waals surface area contributed by atoms with Crippen molar-refractivity contribution in [1.82, 2.24) is 15.0 Å². The number of fused-ring (bicyclic) bond motifs is 1. The number of hydrogen-bond acceptors (Lipinski definition) is 10. The third kappa shape index (κ3) is 3.90. The van der Waals surface area contributed by atoms with Gasteiger partial charge in [0.1, 0.15) is 5.75 Å². The smallest absolute Gasteiger partial charge is 0.231 e. The van der Waals surface area contributed by atoms with Gasteiger partial charge in [-0.25, -0.2) is 4.68 Å². The van der Waals surface area contributed by atoms with Crippen molar-refractivity contribution in [3.05, 3.63) is 36.5 Å². The Balaban J connectivity index is 1.80. The molecule has 0 unspecified atom stereocenters. The molecule has 0 spiro atoms. The first kappa shape index (κ1) is 19.6. The Kier molecular flexibility index (Phi) is 5.13. The van der Waals surface area contributed by atoms with E-state index in [4.69, 9.17) is 18.9 Å². The Bertz CT molecular complexity index is 1110. The molecule has 12 heteroatoms. The molecule has 10 nitrogen and oxygen atoms in total. The summed E-state index contributed by atoms with van der Waals surface area (Å²) >= 11 is 0.200. The molecule has 0 saturated carbocycles. The van der Waals surface area contributed by atoms with Gasteiger partial charge in [-0.05, 0) is 25.0 Å². The van der Waals surface area contributed by atoms with Gasteiger partial charge in [0.25, 0.3) is 0 Å². The Morgan fingerprint density at radius 1 is 1.14 bits per heavy atom. The molecular formula is C17H14N3O7PS-2. The van der Waals surface area contributed by atoms with E-state index in [1.165, 1.54) is 31.2 Å². The molecule has 0 aliphatic carbocycles. The minimum Gasteiger partial charge on any atom is -0.803 e. The molecule has 0 amide bonds. The fourth-order valence-electron chi connectivity index (χ4n) is 2.89. The summed E-state index contributed by atoms with van der Waals surface area (Å²) < 4.78 is 34.1. The van der Waals surface area contributed by atoms with Crippen molar-refractivity contribution in [3.8, 4) is 39.9 Å². The highest BCUT2D eigenvalue weighted by atomic mass is 32.7. The summed E-state index contributed by atoms with van der Waals surface area (Å²) in [5.41, 5.74) is 1.74. The van der Waals surface area contributed by atoms with Gasteiger partial charge in [-0.1, -0.05) is 16.6 Å². The normalized spacial score (nSPS) is 12.8. The second kappa shape index (κ2) is 7.60. The molecule has 0 atom stereocenters. The third-order valence-electron chi connectivity index (χ3n) is 4.11. The molecule has 3 aromatic rings. The zero-order valence-corrected chi connectivity index (χ0v) is 16.9. The minimum atomic E-state index is -4.86. The molecule has 4 rings (SSSR count). The number of benzene rings is 2. The van der Waals surface area contributed by atoms with Crippen molar-refractivity contribution < 1.29 is 33.3 Å². The van der Waals surface area contributed by atoms with Crippen LogP contribution >= 0.6 is 18.2 Å². The summed E-state index contributed by atoms with van der Waals surface area (Å²) in [5.74, 6) is 1.75. The molecule has 29 heavy (non-hydrogen) atoms. The van der Waals surface area contributed by atoms with Gasteiger partial charge in [0, 0.05) is 17.7 Å². The summed E-state index contributed by atoms with van der Waals surface area (Å²) in [6.45, 7) is -4.78. The van der Waals surface area contributed by atoms with Crippen LogP contribution in [0.15, 0.2) is 41.4 Å². The van der Waals surface area contributed by atoms with E-state index in [-0.39, 0.29) is 28.8 Å². The first-order valence-corrected chi connectivity index (χ1v) is 11.1. The summed E-state index contributed by atoms with van der Waals surface area (Å²) in [5, 5.41) is 8.06. The number of rotatable bonds is 6. The van der Waals surface area contributed by atoms with Crippen LogP contribution in [-0.4, -0.2) is 36.0 Å². The maximum atomic E-state index is 11.2. The van der Waals surface area contributed by atoms with Gasteiger partial charge < -0.3 is 33.3 Å². The van der Waals surface area contributed by atoms with E-state index in [2.05, 4.69) is 10.3 Å². The van der Waals surface area contributed by atoms with Gasteiger partial charge in [0.15, 0.2) is 11.5 Å². The topological polar surface area (TPSA) is 131 Å². The zero-order chi connectivity index (χ0) is 20.6. The van der Waals surface area contributed by atoms with Crippen molar-refractivity contribution in [2.75, 3.05) is 21.0 Å². The number of ether oxygens (including phenoxy) is 4. The van der Waals surface area contributed by atoms with Gasteiger partial charge in [-0.3, -0.25) is 0 Å². The van der Waals surface area contributed by atoms with Crippen LogP contribution in [0.25, 0.3) is 16.9 Å². The van der Waals surface area contributed by atoms with Gasteiger partial charge in [0.2, 0.25) is 12.5 Å². The molecule has 2 heterocycles. The molecule has 1 aliphatic rings. The highest BCUT2D eigenvalue weighted by Gasteiger charge is 2.22. The zero-order valence-electron chi connectivity index (χ0n) is 15.2. The SMILES string of the molecule is COc1ccc(-c2cnnn2-c2cc(OC)c3c(c2)OCO3)cc1SP(=O)([O-])[O-]. The summed E-state index contributed by atoms with van der Waals surface area (Å²) in [7, 11) is 2.91. The highest BCUT2D eigenvalue weighted by molar-refractivity contribution is 8.53. The highest BCUT2D eigenvalue weighted by Crippen LogP contribution is 2.51. The largest absolute Gasteiger partial charge is 0.803 e. The molecule has 0 fully saturated rings. The summed E-state index contributed by atoms with van der Waals surface area (Å²) in [6, 6.07) is 8.26. The van der Waals surface area contributed by atoms with Crippen LogP contribution in [0.5, 0.6) is 23.0 Å². The fraction of sp³-hybridized carbons (Fsp3) is 0.176. The van der Waals surface area contributed by atoms with Crippen LogP contribution in [0.3, 0.4) is 0 Å². The molecule has 0 radical (unpaired) electrons. The fourth-order valence-corrected chi connectivity index (χ4v) is 4.70. The van der Waals surface area contributed by atoms with Gasteiger partial charge in [0.05, 0.1) is 36.7 Å². The monoisotopic (exact) mass is 435 g/mol. The van der Waals surface area contributed by atoms with Crippen LogP contribution in [0.2, 0.25) is 0 Å². The van der Waals surface area contributed by atoms with E-state index in [0.29, 0.717) is 34.2 Å². The standard InChI is InChI=1S/C17H16N3O7PS/c1-24-13-4-3-10(5-16(13)29-28(21,22)23)12-8-18-19-20(12)11-6-14(25-2)17-15(7-11)26-9-27-17/h3-8H,9H2,1-2H3,(H2,21,22,23)/p-2. The average Bonchev–Trinajstić information content (AvgIpc) is 3.35. The second-order valence-corrected chi connectivity index (χ2v) is 9.22. The Morgan fingerprint density at radius 2 is 1.93 bits per heavy atom. The average molecular weight is 435 g/mol. The van der Waals surface area contributed by atoms with Crippen molar-refractivity contribution in [2.45, 2.75) is 4.90 Å². The van der Waals surface area contributed by atoms with Crippen molar-refractivity contribution in [2.24, 2.45) is 0 Å². The van der Waals surface area contributed by atoms with E-state index >= 15 is 0 Å². The maximum Gasteiger partial charge on any atom is 0.231 e. The molecular weight excluding hydrogens is 421 g/mol. The predicted molar refractivity (Wildman–Crippen MR) is 99.5 cm³/mol. The lowest BCUT2D eigenvalue weighted by molar-refractivity contribution is -0.302. The molecule has 2 aromatic carbocycles. The molecule has 0 saturated heterocycles. The first-order chi connectivity index (χ1) is 13.9. The molecule has 152 valence electrons. The number of nitrogens with zero attached hydrogens (tertiary/aromatic N) is 3. The van der Waals surface area contributed by atoms with E-state index in [1.807, 2.05) is 0 Å². The Hall–Kier alpha value is -2.72. The maximum absolute atomic E-state index is 11.2. The van der Waals surface area contributed by atoms with Gasteiger partial charge in [-0.2, -0.15) is 0 Å². The quantitative estimate of drug-likeness (QED) is 0.526. The van der Waals surface area contributed by atoms with E-state index in [1.54, 1.807) is 24.3 Å². The number of aromatic nitrogens is 3. The van der Waals surface area contributed by atoms with Crippen LogP contribution < -0.4 is 28.7 Å². The Morgan fingerprint density at radius 3 is 2.66 bits per heavy atom. The van der Waals surface area contributed by atoms with E-state index < -0.39 is 6.80 Å². The predicted octanol–water partition coefficient (Wildman–Crippen LogP) is 1.60. The van der Waals surface area contributed by atoms with Crippen LogP contribution in [0.1, 0.15) is 0 Å². The minimum absolute atomic E-state index is 0.0862. The van der Waals surface area contributed by atoms with Crippen molar-refractivity contribution >= 4 is 18.2 Å². The third-order valence-corrected chi connectivity index (χ3v) is 6.11. The summed E-state index contributed by atoms with van der Waals surface area (Å²) in [4.78, 5) is 22.7. The lowest BCUT2D eigenvalue weighted by atomic mass is 10.1. The number of methoxy groups -OCH3 is 2. The summed E-state index contributed by atoms with van der Waals surface area (Å²) in [6.07, 6.45) is 1.52. The van der Waals surface area contributed by atoms with Crippen LogP contribution in [-0.2, 0) is 4.57 Å². The van der Waals surface area contributed by atoms with E-state index in [9.17, 15) is 14.4 Å². The molecule has 0 N–H and O–H groups in total. The lowest BCUT2D eigenvalue weighted by Crippen LogP contribution is -2.09. The van der Waals surface area contributed by atoms with Gasteiger partial charge in [-0.15, -0.1) is 5.10 Å². The second-order valence-electron chi connectivity index (χ2n) is 5.82. The molecule has 1 aromatic heterocycles. The number of hydrogen-bond donors (Lipinski definition) is 0. The van der Waals surface area contributed by atoms with Crippen LogP contribution in [0, 0.1) is 0 Å². The first-order valence-electron chi connectivity index (χ1n) is 8.18. The molecule has 0 bridgehead atoms. The lowest BCUT2D eigenvalue weighted by Gasteiger charge is -2.28. The van der Waals surface area contributed by atoms with Crippen molar-refractivity contribution in [1.29, 1.82) is 0 Å². The van der Waals surface area contributed by atoms with Gasteiger partial charge >= 0.3 is 0 Å². The molecule has 1 aliphatic heterocycles. The van der Waals surface area contributed by atoms with Crippen molar-refractivity contribution in [3.63, 3.8) is 0 Å². The Labute approximate surface area is 169 Å². The van der Waals surface area contributed by atoms with E-state index in [0.717, 1.165) is 0 Å². The van der Waals surface area contributed by atoms with Crippen LogP contribution in [0.4, 0.5) is 0 Å².